The fourth-order valence-corrected chi connectivity index (χ4v) is 4.47. The van der Waals surface area contributed by atoms with Crippen molar-refractivity contribution < 1.29 is 19.5 Å². The molecule has 6 heteroatoms. The second kappa shape index (κ2) is 11.9. The lowest BCUT2D eigenvalue weighted by Gasteiger charge is -2.20. The smallest absolute Gasteiger partial charge is 0.322 e. The number of carboxylic acids is 1. The topological polar surface area (TPSA) is 96.4 Å². The molecular weight excluding hydrogens is 464 g/mol. The standard InChI is InChI=1S/C31H28N2O4/c1-21-18-26(16-17-32-21)29(28-5-3-2-4-27(28)20-34)15-8-22-6-9-23(10-7-22)24-11-13-25(14-12-24)31(37)33-19-30(35)36/h2-7,9-14,16-18,20,29H,8,15,19H2,1H3,(H,33,37)(H,35,36)/t29-/m1/s1. The fraction of sp³-hybridized carbons (Fsp3) is 0.161. The van der Waals surface area contributed by atoms with Crippen molar-refractivity contribution in [3.8, 4) is 11.1 Å². The van der Waals surface area contributed by atoms with E-state index in [1.54, 1.807) is 12.1 Å². The first kappa shape index (κ1) is 25.5. The van der Waals surface area contributed by atoms with Crippen LogP contribution in [0, 0.1) is 6.92 Å². The van der Waals surface area contributed by atoms with E-state index < -0.39 is 18.4 Å². The van der Waals surface area contributed by atoms with Crippen LogP contribution in [0.1, 0.15) is 55.4 Å². The van der Waals surface area contributed by atoms with E-state index in [1.807, 2.05) is 55.6 Å². The first-order valence-electron chi connectivity index (χ1n) is 12.1. The highest BCUT2D eigenvalue weighted by molar-refractivity contribution is 5.96. The Morgan fingerprint density at radius 1 is 0.946 bits per heavy atom. The van der Waals surface area contributed by atoms with Gasteiger partial charge in [-0.05, 0) is 71.8 Å². The Morgan fingerprint density at radius 2 is 1.62 bits per heavy atom. The van der Waals surface area contributed by atoms with Crippen LogP contribution < -0.4 is 5.32 Å². The molecule has 0 aliphatic rings. The number of benzene rings is 3. The largest absolute Gasteiger partial charge is 0.480 e. The summed E-state index contributed by atoms with van der Waals surface area (Å²) in [5.41, 5.74) is 7.40. The minimum atomic E-state index is -1.08. The van der Waals surface area contributed by atoms with Gasteiger partial charge < -0.3 is 10.4 Å². The number of aldehydes is 1. The Kier molecular flexibility index (Phi) is 8.21. The number of hydrogen-bond donors (Lipinski definition) is 2. The van der Waals surface area contributed by atoms with Gasteiger partial charge in [-0.15, -0.1) is 0 Å². The lowest BCUT2D eigenvalue weighted by atomic mass is 9.84. The van der Waals surface area contributed by atoms with Gasteiger partial charge in [0.15, 0.2) is 0 Å². The zero-order chi connectivity index (χ0) is 26.2. The van der Waals surface area contributed by atoms with Crippen molar-refractivity contribution in [1.29, 1.82) is 0 Å². The monoisotopic (exact) mass is 492 g/mol. The van der Waals surface area contributed by atoms with Crippen molar-refractivity contribution in [2.75, 3.05) is 6.54 Å². The summed E-state index contributed by atoms with van der Waals surface area (Å²) >= 11 is 0. The van der Waals surface area contributed by atoms with E-state index in [0.29, 0.717) is 11.1 Å². The predicted octanol–water partition coefficient (Wildman–Crippen LogP) is 5.45. The van der Waals surface area contributed by atoms with E-state index >= 15 is 0 Å². The van der Waals surface area contributed by atoms with Crippen molar-refractivity contribution in [2.45, 2.75) is 25.7 Å². The molecule has 4 aromatic rings. The average molecular weight is 493 g/mol. The summed E-state index contributed by atoms with van der Waals surface area (Å²) in [6, 6.07) is 27.2. The second-order valence-electron chi connectivity index (χ2n) is 8.92. The lowest BCUT2D eigenvalue weighted by Crippen LogP contribution is -2.29. The Labute approximate surface area is 216 Å². The summed E-state index contributed by atoms with van der Waals surface area (Å²) in [5, 5.41) is 11.1. The number of carbonyl (C=O) groups is 3. The van der Waals surface area contributed by atoms with Crippen LogP contribution >= 0.6 is 0 Å². The molecule has 1 atom stereocenters. The molecule has 1 amide bonds. The zero-order valence-corrected chi connectivity index (χ0v) is 20.6. The Bertz CT molecular complexity index is 1400. The molecule has 0 aliphatic carbocycles. The second-order valence-corrected chi connectivity index (χ2v) is 8.92. The maximum atomic E-state index is 12.0. The van der Waals surface area contributed by atoms with Crippen LogP contribution in [0.25, 0.3) is 11.1 Å². The van der Waals surface area contributed by atoms with Gasteiger partial charge in [-0.25, -0.2) is 0 Å². The molecule has 0 aliphatic heterocycles. The van der Waals surface area contributed by atoms with Crippen molar-refractivity contribution in [1.82, 2.24) is 10.3 Å². The first-order valence-corrected chi connectivity index (χ1v) is 12.1. The quantitative estimate of drug-likeness (QED) is 0.287. The summed E-state index contributed by atoms with van der Waals surface area (Å²) in [7, 11) is 0. The van der Waals surface area contributed by atoms with Crippen molar-refractivity contribution in [3.05, 3.63) is 125 Å². The van der Waals surface area contributed by atoms with Gasteiger partial charge in [-0.1, -0.05) is 60.7 Å². The number of nitrogens with zero attached hydrogens (tertiary/aromatic N) is 1. The highest BCUT2D eigenvalue weighted by Crippen LogP contribution is 2.32. The summed E-state index contributed by atoms with van der Waals surface area (Å²) in [4.78, 5) is 38.7. The number of amides is 1. The number of aromatic nitrogens is 1. The van der Waals surface area contributed by atoms with Crippen LogP contribution in [0.3, 0.4) is 0 Å². The van der Waals surface area contributed by atoms with Gasteiger partial charge >= 0.3 is 5.97 Å². The number of aliphatic carboxylic acids is 1. The molecule has 3 aromatic carbocycles. The average Bonchev–Trinajstić information content (AvgIpc) is 2.92. The normalized spacial score (nSPS) is 11.5. The Balaban J connectivity index is 1.48. The molecule has 4 rings (SSSR count). The number of carboxylic acid groups (broad SMARTS) is 1. The van der Waals surface area contributed by atoms with Gasteiger partial charge in [0, 0.05) is 28.9 Å². The zero-order valence-electron chi connectivity index (χ0n) is 20.6. The highest BCUT2D eigenvalue weighted by atomic mass is 16.4. The summed E-state index contributed by atoms with van der Waals surface area (Å²) in [6.45, 7) is 1.56. The third kappa shape index (κ3) is 6.55. The molecule has 0 saturated carbocycles. The molecule has 1 heterocycles. The third-order valence-electron chi connectivity index (χ3n) is 6.38. The molecule has 2 N–H and O–H groups in total. The van der Waals surface area contributed by atoms with Crippen molar-refractivity contribution in [2.24, 2.45) is 0 Å². The van der Waals surface area contributed by atoms with Crippen LogP contribution in [0.4, 0.5) is 0 Å². The number of rotatable bonds is 10. The first-order chi connectivity index (χ1) is 17.9. The molecule has 186 valence electrons. The lowest BCUT2D eigenvalue weighted by molar-refractivity contribution is -0.135. The van der Waals surface area contributed by atoms with Crippen LogP contribution in [0.5, 0.6) is 0 Å². The van der Waals surface area contributed by atoms with Gasteiger partial charge in [0.25, 0.3) is 5.91 Å². The van der Waals surface area contributed by atoms with Crippen LogP contribution in [0.15, 0.2) is 91.1 Å². The third-order valence-corrected chi connectivity index (χ3v) is 6.38. The van der Waals surface area contributed by atoms with Gasteiger partial charge in [0.05, 0.1) is 0 Å². The van der Waals surface area contributed by atoms with Gasteiger partial charge in [-0.2, -0.15) is 0 Å². The number of nitrogens with one attached hydrogen (secondary N) is 1. The maximum Gasteiger partial charge on any atom is 0.322 e. The van der Waals surface area contributed by atoms with E-state index in [2.05, 4.69) is 40.6 Å². The number of aryl methyl sites for hydroxylation is 2. The van der Waals surface area contributed by atoms with E-state index in [4.69, 9.17) is 5.11 Å². The minimum absolute atomic E-state index is 0.0718. The molecule has 0 fully saturated rings. The number of pyridine rings is 1. The Morgan fingerprint density at radius 3 is 2.27 bits per heavy atom. The van der Waals surface area contributed by atoms with Crippen molar-refractivity contribution in [3.63, 3.8) is 0 Å². The van der Waals surface area contributed by atoms with Crippen LogP contribution in [-0.2, 0) is 11.2 Å². The van der Waals surface area contributed by atoms with Gasteiger partial charge in [-0.3, -0.25) is 19.4 Å². The summed E-state index contributed by atoms with van der Waals surface area (Å²) in [6.07, 6.45) is 4.42. The molecule has 0 unspecified atom stereocenters. The molecule has 6 nitrogen and oxygen atoms in total. The van der Waals surface area contributed by atoms with E-state index in [1.165, 1.54) is 5.56 Å². The predicted molar refractivity (Wildman–Crippen MR) is 143 cm³/mol. The molecule has 37 heavy (non-hydrogen) atoms. The molecule has 0 spiro atoms. The van der Waals surface area contributed by atoms with Gasteiger partial charge in [0.2, 0.25) is 0 Å². The number of hydrogen-bond acceptors (Lipinski definition) is 4. The fourth-order valence-electron chi connectivity index (χ4n) is 4.47. The molecule has 0 radical (unpaired) electrons. The van der Waals surface area contributed by atoms with E-state index in [9.17, 15) is 14.4 Å². The minimum Gasteiger partial charge on any atom is -0.480 e. The highest BCUT2D eigenvalue weighted by Gasteiger charge is 2.18. The van der Waals surface area contributed by atoms with E-state index in [-0.39, 0.29) is 5.92 Å². The van der Waals surface area contributed by atoms with Gasteiger partial charge in [0.1, 0.15) is 12.8 Å². The molecule has 1 aromatic heterocycles. The summed E-state index contributed by atoms with van der Waals surface area (Å²) in [5.74, 6) is -1.43. The molecular formula is C31H28N2O4. The Hall–Kier alpha value is -4.58. The SMILES string of the molecule is Cc1cc([C@@H](CCc2ccc(-c3ccc(C(=O)NCC(=O)O)cc3)cc2)c2ccccc2C=O)ccn1. The van der Waals surface area contributed by atoms with Crippen LogP contribution in [0.2, 0.25) is 0 Å². The number of carbonyl (C=O) groups excluding carboxylic acids is 2. The summed E-state index contributed by atoms with van der Waals surface area (Å²) < 4.78 is 0. The van der Waals surface area contributed by atoms with Crippen molar-refractivity contribution >= 4 is 18.2 Å². The van der Waals surface area contributed by atoms with E-state index in [0.717, 1.165) is 47.1 Å². The molecule has 0 bridgehead atoms. The van der Waals surface area contributed by atoms with Crippen LogP contribution in [-0.4, -0.2) is 34.8 Å². The maximum absolute atomic E-state index is 12.0. The molecule has 0 saturated heterocycles.